The highest BCUT2D eigenvalue weighted by atomic mass is 127. The first-order chi connectivity index (χ1) is 4.09. The molecule has 0 aromatic carbocycles. The van der Waals surface area contributed by atoms with Gasteiger partial charge in [-0.3, -0.25) is 0 Å². The van der Waals surface area contributed by atoms with E-state index < -0.39 is 7.90 Å². The van der Waals surface area contributed by atoms with E-state index in [9.17, 15) is 0 Å². The minimum absolute atomic E-state index is 0.523. The number of rotatable bonds is 3. The van der Waals surface area contributed by atoms with Gasteiger partial charge in [-0.05, 0) is 6.54 Å². The Kier molecular flexibility index (Phi) is 9.29. The highest BCUT2D eigenvalue weighted by Crippen LogP contribution is 2.19. The van der Waals surface area contributed by atoms with Crippen molar-refractivity contribution in [2.24, 2.45) is 0 Å². The van der Waals surface area contributed by atoms with Crippen LogP contribution in [0.1, 0.15) is 6.92 Å². The Hall–Kier alpha value is 3.31. The van der Waals surface area contributed by atoms with E-state index in [0.717, 1.165) is 0 Å². The Balaban J connectivity index is 3.68. The third-order valence-corrected chi connectivity index (χ3v) is 20.3. The molecule has 0 aliphatic carbocycles. The predicted molar refractivity (Wildman–Crippen MR) is 82.8 cm³/mol. The molecule has 0 fully saturated rings. The summed E-state index contributed by atoms with van der Waals surface area (Å²) in [6.45, 7) is 3.51. The van der Waals surface area contributed by atoms with Gasteiger partial charge in [0.1, 0.15) is 0 Å². The van der Waals surface area contributed by atoms with Crippen LogP contribution in [-0.4, -0.2) is 18.7 Å². The van der Waals surface area contributed by atoms with Crippen LogP contribution in [0.4, 0.5) is 0 Å². The van der Waals surface area contributed by atoms with Crippen molar-refractivity contribution >= 4 is 95.1 Å². The summed E-state index contributed by atoms with van der Waals surface area (Å²) < 4.78 is 1.64. The van der Waals surface area contributed by atoms with Gasteiger partial charge in [-0.15, -0.1) is 0 Å². The number of nitrogens with zero attached hydrogens (tertiary/aromatic N) is 1. The maximum atomic E-state index is 2.68. The van der Waals surface area contributed by atoms with Crippen molar-refractivity contribution in [2.75, 3.05) is 6.54 Å². The van der Waals surface area contributed by atoms with Gasteiger partial charge in [0, 0.05) is 0 Å². The zero-order valence-electron chi connectivity index (χ0n) is 4.82. The van der Waals surface area contributed by atoms with E-state index in [2.05, 4.69) is 98.3 Å². The molecule has 0 atom stereocenters. The molecule has 0 bridgehead atoms. The van der Waals surface area contributed by atoms with Crippen LogP contribution in [0.15, 0.2) is 0 Å². The van der Waals surface area contributed by atoms with E-state index in [-0.39, 0.29) is 0 Å². The third kappa shape index (κ3) is 5.54. The van der Waals surface area contributed by atoms with Crippen molar-refractivity contribution in [1.82, 2.24) is 4.23 Å². The summed E-state index contributed by atoms with van der Waals surface area (Å²) >= 11 is 10.4. The first-order valence-corrected chi connectivity index (χ1v) is 20.1. The molecular weight excluding hydrogens is 602 g/mol. The molecule has 7 heteroatoms. The molecule has 0 heterocycles. The number of halogens is 4. The Morgan fingerprint density at radius 2 is 1.44 bits per heavy atom. The number of hydrogen-bond donors (Lipinski definition) is 0. The second-order valence-corrected chi connectivity index (χ2v) is 32.9. The van der Waals surface area contributed by atoms with Crippen molar-refractivity contribution in [3.63, 3.8) is 0 Å². The molecule has 0 unspecified atom stereocenters. The molecule has 0 radical (unpaired) electrons. The standard InChI is InChI=1S/C2H7I4NSi2/c1-2-7(8(3)4)9(5)6/h8-9H,2H2,1H3. The Labute approximate surface area is 110 Å². The third-order valence-electron chi connectivity index (χ3n) is 0.867. The lowest BCUT2D eigenvalue weighted by Crippen LogP contribution is -2.36. The van der Waals surface area contributed by atoms with Crippen LogP contribution in [-0.2, 0) is 0 Å². The maximum Gasteiger partial charge on any atom is 0.242 e. The summed E-state index contributed by atoms with van der Waals surface area (Å²) in [7, 11) is 0. The average Bonchev–Trinajstić information content (AvgIpc) is 1.64. The summed E-state index contributed by atoms with van der Waals surface area (Å²) in [6.07, 6.45) is 0. The maximum absolute atomic E-state index is 2.68. The molecule has 0 spiro atoms. The first kappa shape index (κ1) is 12.3. The van der Waals surface area contributed by atoms with E-state index in [1.807, 2.05) is 0 Å². The molecule has 0 amide bonds. The smallest absolute Gasteiger partial charge is 0.242 e. The van der Waals surface area contributed by atoms with Crippen molar-refractivity contribution in [2.45, 2.75) is 6.92 Å². The van der Waals surface area contributed by atoms with Crippen LogP contribution < -0.4 is 0 Å². The summed E-state index contributed by atoms with van der Waals surface area (Å²) in [4.78, 5) is 0. The van der Waals surface area contributed by atoms with Crippen LogP contribution in [0, 0.1) is 0 Å². The van der Waals surface area contributed by atoms with E-state index in [1.165, 1.54) is 6.54 Å². The largest absolute Gasteiger partial charge is 0.319 e. The van der Waals surface area contributed by atoms with Crippen LogP contribution in [0.2, 0.25) is 0 Å². The molecule has 0 rings (SSSR count). The van der Waals surface area contributed by atoms with E-state index >= 15 is 0 Å². The second-order valence-electron chi connectivity index (χ2n) is 1.39. The molecule has 0 saturated carbocycles. The average molecular weight is 609 g/mol. The van der Waals surface area contributed by atoms with Crippen molar-refractivity contribution in [1.29, 1.82) is 0 Å². The van der Waals surface area contributed by atoms with E-state index in [1.54, 1.807) is 0 Å². The monoisotopic (exact) mass is 609 g/mol. The second kappa shape index (κ2) is 6.79. The molecule has 1 nitrogen and oxygen atoms in total. The van der Waals surface area contributed by atoms with Gasteiger partial charge < -0.3 is 4.23 Å². The van der Waals surface area contributed by atoms with Gasteiger partial charge in [0.2, 0.25) is 7.90 Å². The Morgan fingerprint density at radius 1 is 1.11 bits per heavy atom. The van der Waals surface area contributed by atoms with Gasteiger partial charge in [0.05, 0.1) is 0 Å². The van der Waals surface area contributed by atoms with E-state index in [0.29, 0.717) is 0 Å². The topological polar surface area (TPSA) is 3.24 Å². The van der Waals surface area contributed by atoms with Crippen LogP contribution >= 0.6 is 87.2 Å². The van der Waals surface area contributed by atoms with Gasteiger partial charge in [-0.2, -0.15) is 0 Å². The molecule has 0 aromatic rings. The lowest BCUT2D eigenvalue weighted by atomic mass is 10.8. The molecule has 0 saturated heterocycles. The first-order valence-electron chi connectivity index (χ1n) is 2.41. The fourth-order valence-electron chi connectivity index (χ4n) is 0.361. The van der Waals surface area contributed by atoms with E-state index in [4.69, 9.17) is 0 Å². The molecule has 0 aliphatic rings. The Bertz CT molecular complexity index is 71.0. The minimum atomic E-state index is -0.523. The van der Waals surface area contributed by atoms with Gasteiger partial charge in [0.15, 0.2) is 0 Å². The van der Waals surface area contributed by atoms with Crippen LogP contribution in [0.3, 0.4) is 0 Å². The fourth-order valence-corrected chi connectivity index (χ4v) is 40.1. The molecule has 56 valence electrons. The lowest BCUT2D eigenvalue weighted by Gasteiger charge is -2.21. The lowest BCUT2D eigenvalue weighted by molar-refractivity contribution is 0.738. The molecule has 0 N–H and O–H groups in total. The van der Waals surface area contributed by atoms with Crippen molar-refractivity contribution < 1.29 is 0 Å². The Morgan fingerprint density at radius 3 is 1.44 bits per heavy atom. The molecule has 0 aliphatic heterocycles. The highest BCUT2D eigenvalue weighted by Gasteiger charge is 2.18. The van der Waals surface area contributed by atoms with Gasteiger partial charge in [-0.25, -0.2) is 0 Å². The molecular formula is C2H7I4NSi2. The predicted octanol–water partition coefficient (Wildman–Crippen LogP) is 2.48. The summed E-state index contributed by atoms with van der Waals surface area (Å²) in [5.41, 5.74) is 0. The highest BCUT2D eigenvalue weighted by molar-refractivity contribution is 14.3. The SMILES string of the molecule is CCN([SiH](I)I)[SiH](I)I. The quantitative estimate of drug-likeness (QED) is 0.271. The summed E-state index contributed by atoms with van der Waals surface area (Å²) in [5.74, 6) is 0. The van der Waals surface area contributed by atoms with Crippen LogP contribution in [0.25, 0.3) is 0 Å². The summed E-state index contributed by atoms with van der Waals surface area (Å²) in [5, 5.41) is 0. The minimum Gasteiger partial charge on any atom is -0.319 e. The zero-order valence-corrected chi connectivity index (χ0v) is 15.8. The van der Waals surface area contributed by atoms with Gasteiger partial charge >= 0.3 is 0 Å². The van der Waals surface area contributed by atoms with Gasteiger partial charge in [-0.1, -0.05) is 94.1 Å². The normalized spacial score (nSPS) is 12.0. The summed E-state index contributed by atoms with van der Waals surface area (Å²) in [6, 6.07) is 0. The van der Waals surface area contributed by atoms with Crippen LogP contribution in [0.5, 0.6) is 0 Å². The molecule has 9 heavy (non-hydrogen) atoms. The number of hydrogen-bond acceptors (Lipinski definition) is 1. The van der Waals surface area contributed by atoms with Gasteiger partial charge in [0.25, 0.3) is 0 Å². The zero-order chi connectivity index (χ0) is 7.44. The van der Waals surface area contributed by atoms with Crippen molar-refractivity contribution in [3.05, 3.63) is 0 Å². The fraction of sp³-hybridized carbons (Fsp3) is 1.00. The van der Waals surface area contributed by atoms with Crippen molar-refractivity contribution in [3.8, 4) is 0 Å². The molecule has 0 aromatic heterocycles.